The lowest BCUT2D eigenvalue weighted by atomic mass is 9.87. The lowest BCUT2D eigenvalue weighted by Gasteiger charge is -2.25. The zero-order valence-corrected chi connectivity index (χ0v) is 12.7. The number of hydrogen-bond donors (Lipinski definition) is 2. The van der Waals surface area contributed by atoms with E-state index >= 15 is 0 Å². The van der Waals surface area contributed by atoms with E-state index in [-0.39, 0.29) is 11.3 Å². The molecule has 0 radical (unpaired) electrons. The van der Waals surface area contributed by atoms with E-state index < -0.39 is 6.04 Å². The van der Waals surface area contributed by atoms with E-state index in [1.165, 1.54) is 0 Å². The summed E-state index contributed by atoms with van der Waals surface area (Å²) in [7, 11) is 1.58. The molecule has 0 heterocycles. The molecule has 0 aliphatic carbocycles. The molecule has 0 saturated heterocycles. The topological polar surface area (TPSA) is 64.3 Å². The Hall–Kier alpha value is -1.07. The first-order chi connectivity index (χ1) is 8.25. The Kier molecular flexibility index (Phi) is 4.76. The predicted octanol–water partition coefficient (Wildman–Crippen LogP) is 2.77. The zero-order valence-electron chi connectivity index (χ0n) is 11.1. The van der Waals surface area contributed by atoms with Crippen molar-refractivity contribution < 1.29 is 9.53 Å². The maximum atomic E-state index is 12.0. The summed E-state index contributed by atoms with van der Waals surface area (Å²) in [4.78, 5) is 12.0. The number of hydrogen-bond acceptors (Lipinski definition) is 3. The van der Waals surface area contributed by atoms with Gasteiger partial charge in [0.05, 0.1) is 17.6 Å². The van der Waals surface area contributed by atoms with Crippen LogP contribution in [0, 0.1) is 5.41 Å². The van der Waals surface area contributed by atoms with Gasteiger partial charge in [0.25, 0.3) is 0 Å². The Balaban J connectivity index is 2.82. The summed E-state index contributed by atoms with van der Waals surface area (Å²) in [6.45, 7) is 5.79. The molecular formula is C13H19BrN2O2. The van der Waals surface area contributed by atoms with E-state index in [1.807, 2.05) is 26.8 Å². The van der Waals surface area contributed by atoms with E-state index in [1.54, 1.807) is 19.2 Å². The quantitative estimate of drug-likeness (QED) is 0.901. The molecule has 1 rings (SSSR count). The Morgan fingerprint density at radius 1 is 1.44 bits per heavy atom. The molecular weight excluding hydrogens is 296 g/mol. The monoisotopic (exact) mass is 314 g/mol. The van der Waals surface area contributed by atoms with Crippen LogP contribution in [0.3, 0.4) is 0 Å². The lowest BCUT2D eigenvalue weighted by molar-refractivity contribution is -0.119. The molecule has 1 amide bonds. The molecule has 1 atom stereocenters. The number of carbonyl (C=O) groups excluding carboxylic acids is 1. The van der Waals surface area contributed by atoms with Crippen LogP contribution in [0.4, 0.5) is 5.69 Å². The maximum absolute atomic E-state index is 12.0. The van der Waals surface area contributed by atoms with Gasteiger partial charge in [-0.15, -0.1) is 0 Å². The lowest BCUT2D eigenvalue weighted by Crippen LogP contribution is -2.45. The van der Waals surface area contributed by atoms with Crippen molar-refractivity contribution >= 4 is 27.5 Å². The molecule has 5 heteroatoms. The molecule has 4 nitrogen and oxygen atoms in total. The number of rotatable bonds is 3. The Morgan fingerprint density at radius 3 is 2.56 bits per heavy atom. The number of methoxy groups -OCH3 is 1. The summed E-state index contributed by atoms with van der Waals surface area (Å²) in [5.41, 5.74) is 6.28. The number of anilines is 1. The number of amides is 1. The fraction of sp³-hybridized carbons (Fsp3) is 0.462. The Morgan fingerprint density at radius 2 is 2.06 bits per heavy atom. The van der Waals surface area contributed by atoms with Gasteiger partial charge < -0.3 is 15.8 Å². The van der Waals surface area contributed by atoms with Gasteiger partial charge in [-0.1, -0.05) is 20.8 Å². The van der Waals surface area contributed by atoms with Crippen LogP contribution in [-0.4, -0.2) is 19.1 Å². The predicted molar refractivity (Wildman–Crippen MR) is 76.8 cm³/mol. The zero-order chi connectivity index (χ0) is 13.9. The number of benzene rings is 1. The third-order valence-corrected chi connectivity index (χ3v) is 3.29. The highest BCUT2D eigenvalue weighted by molar-refractivity contribution is 9.10. The third-order valence-electron chi connectivity index (χ3n) is 2.63. The molecule has 18 heavy (non-hydrogen) atoms. The van der Waals surface area contributed by atoms with Gasteiger partial charge in [-0.2, -0.15) is 0 Å². The molecule has 100 valence electrons. The van der Waals surface area contributed by atoms with Crippen molar-refractivity contribution in [2.24, 2.45) is 11.1 Å². The molecule has 0 aromatic heterocycles. The molecule has 0 aliphatic rings. The fourth-order valence-electron chi connectivity index (χ4n) is 1.35. The SMILES string of the molecule is COc1cc(NC(=O)[C@H](N)C(C)(C)C)ccc1Br. The summed E-state index contributed by atoms with van der Waals surface area (Å²) in [6, 6.07) is 4.79. The average molecular weight is 315 g/mol. The Labute approximate surface area is 116 Å². The van der Waals surface area contributed by atoms with E-state index in [0.717, 1.165) is 4.47 Å². The highest BCUT2D eigenvalue weighted by Crippen LogP contribution is 2.28. The minimum absolute atomic E-state index is 0.202. The first-order valence-electron chi connectivity index (χ1n) is 5.65. The first kappa shape index (κ1) is 15.0. The van der Waals surface area contributed by atoms with Crippen LogP contribution in [0.25, 0.3) is 0 Å². The first-order valence-corrected chi connectivity index (χ1v) is 6.45. The second-order valence-corrected chi connectivity index (χ2v) is 6.04. The van der Waals surface area contributed by atoms with E-state index in [0.29, 0.717) is 11.4 Å². The minimum atomic E-state index is -0.563. The van der Waals surface area contributed by atoms with Gasteiger partial charge in [0.2, 0.25) is 5.91 Å². The van der Waals surface area contributed by atoms with Crippen LogP contribution in [0.1, 0.15) is 20.8 Å². The minimum Gasteiger partial charge on any atom is -0.495 e. The van der Waals surface area contributed by atoms with Crippen molar-refractivity contribution in [2.45, 2.75) is 26.8 Å². The van der Waals surface area contributed by atoms with Gasteiger partial charge >= 0.3 is 0 Å². The van der Waals surface area contributed by atoms with E-state index in [9.17, 15) is 4.79 Å². The van der Waals surface area contributed by atoms with Crippen LogP contribution in [-0.2, 0) is 4.79 Å². The number of carbonyl (C=O) groups is 1. The Bertz CT molecular complexity index is 441. The van der Waals surface area contributed by atoms with Crippen LogP contribution < -0.4 is 15.8 Å². The van der Waals surface area contributed by atoms with Crippen molar-refractivity contribution in [3.63, 3.8) is 0 Å². The summed E-state index contributed by atoms with van der Waals surface area (Å²) in [5, 5.41) is 2.79. The molecule has 0 aliphatic heterocycles. The van der Waals surface area contributed by atoms with Crippen molar-refractivity contribution in [3.05, 3.63) is 22.7 Å². The summed E-state index contributed by atoms with van der Waals surface area (Å²) in [5.74, 6) is 0.462. The highest BCUT2D eigenvalue weighted by atomic mass is 79.9. The smallest absolute Gasteiger partial charge is 0.241 e. The summed E-state index contributed by atoms with van der Waals surface area (Å²) >= 11 is 3.36. The van der Waals surface area contributed by atoms with Crippen molar-refractivity contribution in [1.82, 2.24) is 0 Å². The third kappa shape index (κ3) is 3.71. The van der Waals surface area contributed by atoms with Gasteiger partial charge in [0.1, 0.15) is 5.75 Å². The molecule has 0 bridgehead atoms. The second kappa shape index (κ2) is 5.71. The van der Waals surface area contributed by atoms with Gasteiger partial charge in [-0.25, -0.2) is 0 Å². The number of ether oxygens (including phenoxy) is 1. The molecule has 0 spiro atoms. The van der Waals surface area contributed by atoms with Gasteiger partial charge in [0, 0.05) is 11.8 Å². The molecule has 3 N–H and O–H groups in total. The van der Waals surface area contributed by atoms with Crippen molar-refractivity contribution in [3.8, 4) is 5.75 Å². The van der Waals surface area contributed by atoms with Gasteiger partial charge in [-0.05, 0) is 33.5 Å². The molecule has 0 unspecified atom stereocenters. The second-order valence-electron chi connectivity index (χ2n) is 5.18. The number of halogens is 1. The normalized spacial score (nSPS) is 13.0. The fourth-order valence-corrected chi connectivity index (χ4v) is 1.76. The number of nitrogens with one attached hydrogen (secondary N) is 1. The van der Waals surface area contributed by atoms with Crippen molar-refractivity contribution in [1.29, 1.82) is 0 Å². The number of nitrogens with two attached hydrogens (primary N) is 1. The summed E-state index contributed by atoms with van der Waals surface area (Å²) in [6.07, 6.45) is 0. The van der Waals surface area contributed by atoms with Gasteiger partial charge in [-0.3, -0.25) is 4.79 Å². The van der Waals surface area contributed by atoms with Gasteiger partial charge in [0.15, 0.2) is 0 Å². The van der Waals surface area contributed by atoms with Crippen LogP contribution in [0.15, 0.2) is 22.7 Å². The molecule has 0 fully saturated rings. The van der Waals surface area contributed by atoms with E-state index in [4.69, 9.17) is 10.5 Å². The summed E-state index contributed by atoms with van der Waals surface area (Å²) < 4.78 is 6.00. The van der Waals surface area contributed by atoms with Crippen LogP contribution >= 0.6 is 15.9 Å². The van der Waals surface area contributed by atoms with Crippen LogP contribution in [0.2, 0.25) is 0 Å². The van der Waals surface area contributed by atoms with E-state index in [2.05, 4.69) is 21.2 Å². The largest absolute Gasteiger partial charge is 0.495 e. The average Bonchev–Trinajstić information content (AvgIpc) is 2.29. The standard InChI is InChI=1S/C13H19BrN2O2/c1-13(2,3)11(15)12(17)16-8-5-6-9(14)10(7-8)18-4/h5-7,11H,15H2,1-4H3,(H,16,17)/t11-/m0/s1. The molecule has 1 aromatic carbocycles. The molecule has 1 aromatic rings. The van der Waals surface area contributed by atoms with Crippen LogP contribution in [0.5, 0.6) is 5.75 Å². The highest BCUT2D eigenvalue weighted by Gasteiger charge is 2.27. The maximum Gasteiger partial charge on any atom is 0.241 e. The molecule has 0 saturated carbocycles. The van der Waals surface area contributed by atoms with Crippen molar-refractivity contribution in [2.75, 3.05) is 12.4 Å².